The first-order chi connectivity index (χ1) is 3.42. The van der Waals surface area contributed by atoms with Gasteiger partial charge in [0.2, 0.25) is 0 Å². The van der Waals surface area contributed by atoms with E-state index in [1.807, 2.05) is 0 Å². The SMILES string of the molecule is C[SiH](C)O[Si](C)(C)O.[Rh]. The van der Waals surface area contributed by atoms with E-state index in [0.29, 0.717) is 0 Å². The molecule has 0 fully saturated rings. The fourth-order valence-electron chi connectivity index (χ4n) is 0.577. The van der Waals surface area contributed by atoms with Crippen molar-refractivity contribution in [1.82, 2.24) is 0 Å². The molecule has 0 heterocycles. The maximum Gasteiger partial charge on any atom is 0.318 e. The first-order valence-electron chi connectivity index (χ1n) is 2.82. The summed E-state index contributed by atoms with van der Waals surface area (Å²) < 4.78 is 5.27. The monoisotopic (exact) mass is 253 g/mol. The number of rotatable bonds is 2. The van der Waals surface area contributed by atoms with E-state index in [4.69, 9.17) is 8.91 Å². The Morgan fingerprint density at radius 2 is 1.67 bits per heavy atom. The van der Waals surface area contributed by atoms with Gasteiger partial charge in [-0.15, -0.1) is 0 Å². The minimum Gasteiger partial charge on any atom is -0.439 e. The largest absolute Gasteiger partial charge is 0.439 e. The van der Waals surface area contributed by atoms with Crippen LogP contribution in [0, 0.1) is 0 Å². The average molecular weight is 253 g/mol. The van der Waals surface area contributed by atoms with Gasteiger partial charge < -0.3 is 8.91 Å². The van der Waals surface area contributed by atoms with Crippen molar-refractivity contribution in [2.75, 3.05) is 0 Å². The summed E-state index contributed by atoms with van der Waals surface area (Å²) in [5.74, 6) is 0. The second-order valence-electron chi connectivity index (χ2n) is 2.61. The molecule has 0 spiro atoms. The molecule has 1 radical (unpaired) electrons. The molecular weight excluding hydrogens is 239 g/mol. The van der Waals surface area contributed by atoms with Crippen molar-refractivity contribution in [3.63, 3.8) is 0 Å². The van der Waals surface area contributed by atoms with Crippen molar-refractivity contribution in [3.05, 3.63) is 0 Å². The molecule has 0 aliphatic rings. The van der Waals surface area contributed by atoms with Gasteiger partial charge in [-0.05, 0) is 26.2 Å². The smallest absolute Gasteiger partial charge is 0.318 e. The third kappa shape index (κ3) is 12.2. The first kappa shape index (κ1) is 12.6. The van der Waals surface area contributed by atoms with Gasteiger partial charge in [0, 0.05) is 19.5 Å². The minimum absolute atomic E-state index is 0. The Morgan fingerprint density at radius 1 is 1.33 bits per heavy atom. The van der Waals surface area contributed by atoms with E-state index in [-0.39, 0.29) is 19.5 Å². The molecule has 0 aromatic rings. The summed E-state index contributed by atoms with van der Waals surface area (Å²) in [6.45, 7) is 7.70. The van der Waals surface area contributed by atoms with Crippen molar-refractivity contribution in [2.45, 2.75) is 26.2 Å². The maximum atomic E-state index is 9.14. The van der Waals surface area contributed by atoms with E-state index in [2.05, 4.69) is 13.1 Å². The Bertz CT molecular complexity index is 71.5. The van der Waals surface area contributed by atoms with Gasteiger partial charge in [0.1, 0.15) is 0 Å². The predicted molar refractivity (Wildman–Crippen MR) is 39.7 cm³/mol. The zero-order chi connectivity index (χ0) is 6.78. The summed E-state index contributed by atoms with van der Waals surface area (Å²) in [4.78, 5) is 9.14. The summed E-state index contributed by atoms with van der Waals surface area (Å²) in [5.41, 5.74) is 0. The van der Waals surface area contributed by atoms with Gasteiger partial charge in [-0.3, -0.25) is 0 Å². The Balaban J connectivity index is 0. The molecule has 0 aliphatic carbocycles. The van der Waals surface area contributed by atoms with Crippen LogP contribution in [0.3, 0.4) is 0 Å². The van der Waals surface area contributed by atoms with Crippen LogP contribution in [0.2, 0.25) is 26.2 Å². The van der Waals surface area contributed by atoms with E-state index in [9.17, 15) is 0 Å². The second kappa shape index (κ2) is 4.74. The Hall–Kier alpha value is 0.977. The standard InChI is InChI=1S/C4H14O2Si2.Rh/c1-7(2)6-8(3,4)5;/h5,7H,1-4H3;. The Labute approximate surface area is 72.4 Å². The molecule has 9 heavy (non-hydrogen) atoms. The van der Waals surface area contributed by atoms with Crippen LogP contribution in [0.4, 0.5) is 0 Å². The zero-order valence-electron chi connectivity index (χ0n) is 6.27. The molecule has 5 heteroatoms. The molecule has 0 rings (SSSR count). The quantitative estimate of drug-likeness (QED) is 0.733. The summed E-state index contributed by atoms with van der Waals surface area (Å²) in [6.07, 6.45) is 0. The van der Waals surface area contributed by atoms with Crippen molar-refractivity contribution >= 4 is 17.6 Å². The van der Waals surface area contributed by atoms with Crippen LogP contribution < -0.4 is 0 Å². The summed E-state index contributed by atoms with van der Waals surface area (Å²) >= 11 is 0. The molecule has 0 atom stereocenters. The molecule has 0 bridgehead atoms. The fourth-order valence-corrected chi connectivity index (χ4v) is 5.19. The molecule has 1 N–H and O–H groups in total. The molecule has 0 saturated carbocycles. The number of hydrogen-bond donors (Lipinski definition) is 1. The topological polar surface area (TPSA) is 29.5 Å². The molecule has 0 unspecified atom stereocenters. The second-order valence-corrected chi connectivity index (χ2v) is 8.55. The molecule has 2 nitrogen and oxygen atoms in total. The van der Waals surface area contributed by atoms with Crippen LogP contribution in [0.1, 0.15) is 0 Å². The Morgan fingerprint density at radius 3 is 1.67 bits per heavy atom. The summed E-state index contributed by atoms with van der Waals surface area (Å²) in [5, 5.41) is 0. The van der Waals surface area contributed by atoms with Crippen molar-refractivity contribution < 1.29 is 28.4 Å². The van der Waals surface area contributed by atoms with Gasteiger partial charge in [-0.1, -0.05) is 0 Å². The van der Waals surface area contributed by atoms with Crippen LogP contribution in [-0.4, -0.2) is 22.4 Å². The van der Waals surface area contributed by atoms with E-state index in [1.165, 1.54) is 0 Å². The van der Waals surface area contributed by atoms with Gasteiger partial charge in [-0.2, -0.15) is 0 Å². The minimum atomic E-state index is -2.16. The van der Waals surface area contributed by atoms with Gasteiger partial charge in [0.05, 0.1) is 0 Å². The van der Waals surface area contributed by atoms with Gasteiger partial charge >= 0.3 is 8.56 Å². The van der Waals surface area contributed by atoms with Gasteiger partial charge in [0.15, 0.2) is 9.04 Å². The molecule has 59 valence electrons. The average Bonchev–Trinajstić information content (AvgIpc) is 1.21. The molecule has 0 saturated heterocycles. The van der Waals surface area contributed by atoms with Crippen molar-refractivity contribution in [1.29, 1.82) is 0 Å². The van der Waals surface area contributed by atoms with E-state index < -0.39 is 17.6 Å². The Kier molecular flexibility index (Phi) is 6.66. The first-order valence-corrected chi connectivity index (χ1v) is 8.45. The summed E-state index contributed by atoms with van der Waals surface area (Å²) in [6, 6.07) is 0. The third-order valence-electron chi connectivity index (χ3n) is 0.524. The molecule has 0 amide bonds. The molecule has 0 aliphatic heterocycles. The summed E-state index contributed by atoms with van der Waals surface area (Å²) in [7, 11) is -3.14. The van der Waals surface area contributed by atoms with Crippen LogP contribution in [0.25, 0.3) is 0 Å². The molecule has 0 aromatic carbocycles. The zero-order valence-corrected chi connectivity index (χ0v) is 10.1. The number of hydrogen-bond acceptors (Lipinski definition) is 2. The van der Waals surface area contributed by atoms with Crippen molar-refractivity contribution in [2.24, 2.45) is 0 Å². The van der Waals surface area contributed by atoms with Crippen molar-refractivity contribution in [3.8, 4) is 0 Å². The van der Waals surface area contributed by atoms with Crippen LogP contribution in [-0.2, 0) is 23.6 Å². The van der Waals surface area contributed by atoms with Crippen LogP contribution in [0.5, 0.6) is 0 Å². The van der Waals surface area contributed by atoms with E-state index >= 15 is 0 Å². The predicted octanol–water partition coefficient (Wildman–Crippen LogP) is 0.678. The third-order valence-corrected chi connectivity index (χ3v) is 4.72. The van der Waals surface area contributed by atoms with Crippen LogP contribution >= 0.6 is 0 Å². The van der Waals surface area contributed by atoms with Gasteiger partial charge in [-0.25, -0.2) is 0 Å². The van der Waals surface area contributed by atoms with Crippen LogP contribution in [0.15, 0.2) is 0 Å². The maximum absolute atomic E-state index is 9.14. The fraction of sp³-hybridized carbons (Fsp3) is 1.00. The molecule has 0 aromatic heterocycles. The van der Waals surface area contributed by atoms with Gasteiger partial charge in [0.25, 0.3) is 0 Å². The normalized spacial score (nSPS) is 11.3. The van der Waals surface area contributed by atoms with E-state index in [1.54, 1.807) is 13.1 Å². The molecular formula is C4H14O2RhSi2. The van der Waals surface area contributed by atoms with E-state index in [0.717, 1.165) is 0 Å².